The van der Waals surface area contributed by atoms with E-state index in [4.69, 9.17) is 4.74 Å². The molecule has 3 rings (SSSR count). The number of carbonyl (C=O) groups excluding carboxylic acids is 5. The summed E-state index contributed by atoms with van der Waals surface area (Å²) in [7, 11) is 0. The van der Waals surface area contributed by atoms with Gasteiger partial charge in [-0.3, -0.25) is 24.0 Å². The van der Waals surface area contributed by atoms with Crippen LogP contribution in [0.4, 0.5) is 0 Å². The Labute approximate surface area is 233 Å². The van der Waals surface area contributed by atoms with Crippen molar-refractivity contribution in [2.24, 2.45) is 23.7 Å². The number of rotatable bonds is 11. The Bertz CT molecular complexity index is 1180. The molecule has 1 aromatic carbocycles. The van der Waals surface area contributed by atoms with E-state index in [2.05, 4.69) is 15.0 Å². The van der Waals surface area contributed by atoms with Crippen molar-refractivity contribution in [2.45, 2.75) is 66.0 Å². The molecule has 2 amide bonds. The quantitative estimate of drug-likeness (QED) is 0.322. The maximum Gasteiger partial charge on any atom is 0.306 e. The highest BCUT2D eigenvalue weighted by molar-refractivity contribution is 7.05. The maximum absolute atomic E-state index is 13.4. The number of ether oxygens (including phenoxy) is 1. The molecule has 2 heterocycles. The Morgan fingerprint density at radius 2 is 1.82 bits per heavy atom. The van der Waals surface area contributed by atoms with Crippen molar-refractivity contribution >= 4 is 40.9 Å². The number of esters is 1. The molecule has 10 heteroatoms. The molecule has 3 unspecified atom stereocenters. The zero-order chi connectivity index (χ0) is 28.5. The zero-order valence-corrected chi connectivity index (χ0v) is 23.7. The number of ketones is 2. The molecule has 2 N–H and O–H groups in total. The molecular formula is C29H37N3O6S. The molecule has 1 aliphatic rings. The first-order chi connectivity index (χ1) is 18.6. The van der Waals surface area contributed by atoms with E-state index in [0.29, 0.717) is 13.0 Å². The van der Waals surface area contributed by atoms with Crippen LogP contribution in [-0.2, 0) is 48.2 Å². The van der Waals surface area contributed by atoms with Gasteiger partial charge < -0.3 is 15.4 Å². The van der Waals surface area contributed by atoms with Crippen molar-refractivity contribution in [3.05, 3.63) is 52.5 Å². The molecule has 210 valence electrons. The molecule has 0 saturated heterocycles. The van der Waals surface area contributed by atoms with Crippen molar-refractivity contribution < 1.29 is 28.7 Å². The molecule has 0 bridgehead atoms. The minimum absolute atomic E-state index is 0.115. The number of aromatic nitrogens is 1. The lowest BCUT2D eigenvalue weighted by Gasteiger charge is -2.27. The lowest BCUT2D eigenvalue weighted by Crippen LogP contribution is -2.49. The Kier molecular flexibility index (Phi) is 10.9. The molecule has 9 nitrogen and oxygen atoms in total. The van der Waals surface area contributed by atoms with Crippen LogP contribution in [0.1, 0.15) is 56.5 Å². The molecule has 2 aromatic rings. The second-order valence-electron chi connectivity index (χ2n) is 10.6. The smallest absolute Gasteiger partial charge is 0.306 e. The van der Waals surface area contributed by atoms with Gasteiger partial charge in [0.05, 0.1) is 18.4 Å². The summed E-state index contributed by atoms with van der Waals surface area (Å²) in [6.07, 6.45) is 2.20. The molecule has 3 atom stereocenters. The van der Waals surface area contributed by atoms with Crippen molar-refractivity contribution in [1.29, 1.82) is 0 Å². The van der Waals surface area contributed by atoms with Gasteiger partial charge in [-0.1, -0.05) is 58.0 Å². The normalized spacial score (nSPS) is 17.3. The second kappa shape index (κ2) is 14.1. The van der Waals surface area contributed by atoms with Crippen LogP contribution >= 0.6 is 11.5 Å². The van der Waals surface area contributed by atoms with Gasteiger partial charge in [0.25, 0.3) is 5.91 Å². The Hall–Kier alpha value is -3.40. The standard InChI is InChI=1S/C29H37N3O6S/c1-17(2)22(14-25(34)38-16-19-8-6-5-7-9-19)28(36)32-26(18(3)4)23(33)13-20-12-21-15-31-39-24(21)10-11-30-29(37)27(20)35/h5-9,15,17-18,20,22,26H,10-14,16H2,1-4H3,(H,30,37)(H,32,36). The van der Waals surface area contributed by atoms with Crippen LogP contribution in [-0.4, -0.2) is 46.3 Å². The third kappa shape index (κ3) is 8.54. The first-order valence-electron chi connectivity index (χ1n) is 13.3. The molecule has 1 aromatic heterocycles. The van der Waals surface area contributed by atoms with E-state index >= 15 is 0 Å². The third-order valence-electron chi connectivity index (χ3n) is 6.96. The van der Waals surface area contributed by atoms with Crippen LogP contribution in [0.2, 0.25) is 0 Å². The molecule has 0 spiro atoms. The summed E-state index contributed by atoms with van der Waals surface area (Å²) in [6, 6.07) is 8.40. The highest BCUT2D eigenvalue weighted by atomic mass is 32.1. The first-order valence-corrected chi connectivity index (χ1v) is 14.1. The van der Waals surface area contributed by atoms with Crippen molar-refractivity contribution in [3.8, 4) is 0 Å². The average molecular weight is 556 g/mol. The van der Waals surface area contributed by atoms with E-state index in [1.165, 1.54) is 11.5 Å². The maximum atomic E-state index is 13.4. The van der Waals surface area contributed by atoms with Gasteiger partial charge in [0, 0.05) is 36.4 Å². The summed E-state index contributed by atoms with van der Waals surface area (Å²) in [5, 5.41) is 5.45. The van der Waals surface area contributed by atoms with Crippen LogP contribution in [0.25, 0.3) is 0 Å². The van der Waals surface area contributed by atoms with Gasteiger partial charge in [0.1, 0.15) is 6.61 Å². The Morgan fingerprint density at radius 3 is 2.49 bits per heavy atom. The van der Waals surface area contributed by atoms with E-state index in [1.54, 1.807) is 20.0 Å². The second-order valence-corrected chi connectivity index (χ2v) is 11.5. The molecule has 0 aliphatic carbocycles. The molecule has 39 heavy (non-hydrogen) atoms. The van der Waals surface area contributed by atoms with Gasteiger partial charge in [0.15, 0.2) is 5.78 Å². The predicted octanol–water partition coefficient (Wildman–Crippen LogP) is 3.05. The van der Waals surface area contributed by atoms with Crippen molar-refractivity contribution in [1.82, 2.24) is 15.0 Å². The van der Waals surface area contributed by atoms with Crippen molar-refractivity contribution in [3.63, 3.8) is 0 Å². The van der Waals surface area contributed by atoms with Crippen LogP contribution in [0.5, 0.6) is 0 Å². The number of Topliss-reactive ketones (excluding diaryl/α,β-unsaturated/α-hetero) is 2. The van der Waals surface area contributed by atoms with Crippen LogP contribution < -0.4 is 10.6 Å². The van der Waals surface area contributed by atoms with Gasteiger partial charge in [-0.25, -0.2) is 4.37 Å². The Morgan fingerprint density at radius 1 is 1.10 bits per heavy atom. The number of nitrogens with one attached hydrogen (secondary N) is 2. The van der Waals surface area contributed by atoms with E-state index in [9.17, 15) is 24.0 Å². The predicted molar refractivity (Wildman–Crippen MR) is 147 cm³/mol. The van der Waals surface area contributed by atoms with E-state index in [0.717, 1.165) is 16.0 Å². The van der Waals surface area contributed by atoms with E-state index in [1.807, 2.05) is 44.2 Å². The fourth-order valence-electron chi connectivity index (χ4n) is 4.60. The number of fused-ring (bicyclic) bond motifs is 1. The number of hydrogen-bond acceptors (Lipinski definition) is 8. The highest BCUT2D eigenvalue weighted by Crippen LogP contribution is 2.24. The minimum atomic E-state index is -0.873. The van der Waals surface area contributed by atoms with Gasteiger partial charge in [-0.2, -0.15) is 0 Å². The largest absolute Gasteiger partial charge is 0.461 e. The molecule has 0 saturated carbocycles. The average Bonchev–Trinajstić information content (AvgIpc) is 3.35. The Balaban J connectivity index is 1.67. The number of benzene rings is 1. The summed E-state index contributed by atoms with van der Waals surface area (Å²) >= 11 is 1.32. The highest BCUT2D eigenvalue weighted by Gasteiger charge is 2.35. The summed E-state index contributed by atoms with van der Waals surface area (Å²) in [4.78, 5) is 65.5. The number of nitrogens with zero attached hydrogens (tertiary/aromatic N) is 1. The molecule has 0 fully saturated rings. The first kappa shape index (κ1) is 30.1. The monoisotopic (exact) mass is 555 g/mol. The number of amides is 2. The molecular weight excluding hydrogens is 518 g/mol. The van der Waals surface area contributed by atoms with E-state index in [-0.39, 0.29) is 43.5 Å². The van der Waals surface area contributed by atoms with Crippen LogP contribution in [0, 0.1) is 23.7 Å². The third-order valence-corrected chi connectivity index (χ3v) is 7.86. The fraction of sp³-hybridized carbons (Fsp3) is 0.517. The molecule has 1 aliphatic heterocycles. The van der Waals surface area contributed by atoms with Gasteiger partial charge in [0.2, 0.25) is 11.7 Å². The van der Waals surface area contributed by atoms with Gasteiger partial charge in [-0.05, 0) is 40.9 Å². The summed E-state index contributed by atoms with van der Waals surface area (Å²) in [5.41, 5.74) is 1.71. The van der Waals surface area contributed by atoms with Crippen LogP contribution in [0.15, 0.2) is 36.5 Å². The fourth-order valence-corrected chi connectivity index (χ4v) is 5.35. The zero-order valence-electron chi connectivity index (χ0n) is 22.9. The van der Waals surface area contributed by atoms with Crippen LogP contribution in [0.3, 0.4) is 0 Å². The SMILES string of the molecule is CC(C)C(CC(=O)OCc1ccccc1)C(=O)NC(C(=O)CC1Cc2cnsc2CCNC(=O)C1=O)C(C)C. The summed E-state index contributed by atoms with van der Waals surface area (Å²) < 4.78 is 9.58. The molecule has 0 radical (unpaired) electrons. The topological polar surface area (TPSA) is 132 Å². The summed E-state index contributed by atoms with van der Waals surface area (Å²) in [6.45, 7) is 7.73. The van der Waals surface area contributed by atoms with E-state index < -0.39 is 41.4 Å². The summed E-state index contributed by atoms with van der Waals surface area (Å²) in [5.74, 6) is -4.58. The lowest BCUT2D eigenvalue weighted by atomic mass is 9.85. The van der Waals surface area contributed by atoms with Crippen molar-refractivity contribution in [2.75, 3.05) is 6.54 Å². The van der Waals surface area contributed by atoms with Gasteiger partial charge in [-0.15, -0.1) is 0 Å². The number of carbonyl (C=O) groups is 5. The van der Waals surface area contributed by atoms with Gasteiger partial charge >= 0.3 is 5.97 Å². The minimum Gasteiger partial charge on any atom is -0.461 e. The number of hydrogen-bond donors (Lipinski definition) is 2. The lowest BCUT2D eigenvalue weighted by molar-refractivity contribution is -0.149.